The number of ether oxygens (including phenoxy) is 1. The Morgan fingerprint density at radius 2 is 2.04 bits per heavy atom. The summed E-state index contributed by atoms with van der Waals surface area (Å²) in [5.41, 5.74) is 1.86. The van der Waals surface area contributed by atoms with E-state index >= 15 is 0 Å². The Morgan fingerprint density at radius 3 is 2.85 bits per heavy atom. The van der Waals surface area contributed by atoms with E-state index in [1.165, 1.54) is 0 Å². The highest BCUT2D eigenvalue weighted by molar-refractivity contribution is 9.10. The third kappa shape index (κ3) is 5.46. The largest absolute Gasteiger partial charge is 0.492 e. The smallest absolute Gasteiger partial charge is 0.224 e. The van der Waals surface area contributed by atoms with Crippen molar-refractivity contribution in [2.75, 3.05) is 11.9 Å². The van der Waals surface area contributed by atoms with Crippen LogP contribution in [-0.4, -0.2) is 22.3 Å². The normalized spacial score (nSPS) is 10.5. The Bertz CT molecular complexity index is 850. The van der Waals surface area contributed by atoms with Crippen LogP contribution in [0.15, 0.2) is 71.5 Å². The molecule has 26 heavy (non-hydrogen) atoms. The Balaban J connectivity index is 1.48. The van der Waals surface area contributed by atoms with Crippen molar-refractivity contribution < 1.29 is 9.53 Å². The fraction of sp³-hybridized carbons (Fsp3) is 0.200. The highest BCUT2D eigenvalue weighted by atomic mass is 79.9. The molecule has 1 aromatic heterocycles. The van der Waals surface area contributed by atoms with Crippen molar-refractivity contribution in [3.05, 3.63) is 77.0 Å². The molecule has 0 spiro atoms. The van der Waals surface area contributed by atoms with E-state index in [0.717, 1.165) is 21.5 Å². The van der Waals surface area contributed by atoms with Crippen LogP contribution in [0.1, 0.15) is 12.0 Å². The van der Waals surface area contributed by atoms with E-state index in [9.17, 15) is 4.79 Å². The van der Waals surface area contributed by atoms with Crippen molar-refractivity contribution >= 4 is 27.5 Å². The first-order valence-corrected chi connectivity index (χ1v) is 9.23. The Labute approximate surface area is 161 Å². The molecule has 0 saturated carbocycles. The summed E-state index contributed by atoms with van der Waals surface area (Å²) in [4.78, 5) is 12.2. The summed E-state index contributed by atoms with van der Waals surface area (Å²) in [6.45, 7) is 1.19. The van der Waals surface area contributed by atoms with E-state index in [1.807, 2.05) is 65.5 Å². The first-order chi connectivity index (χ1) is 12.7. The SMILES string of the molecule is O=C(CCc1ccccc1Br)Nc1cccc(OCCn2cccn2)c1. The second-order valence-corrected chi connectivity index (χ2v) is 6.64. The van der Waals surface area contributed by atoms with Crippen LogP contribution in [0, 0.1) is 0 Å². The van der Waals surface area contributed by atoms with Crippen LogP contribution in [0.5, 0.6) is 5.75 Å². The summed E-state index contributed by atoms with van der Waals surface area (Å²) >= 11 is 3.51. The maximum Gasteiger partial charge on any atom is 0.224 e. The average Bonchev–Trinajstić information content (AvgIpc) is 3.15. The van der Waals surface area contributed by atoms with Crippen molar-refractivity contribution in [2.45, 2.75) is 19.4 Å². The van der Waals surface area contributed by atoms with Crippen LogP contribution in [0.25, 0.3) is 0 Å². The molecule has 0 bridgehead atoms. The van der Waals surface area contributed by atoms with Crippen molar-refractivity contribution in [3.8, 4) is 5.75 Å². The average molecular weight is 414 g/mol. The standard InChI is InChI=1S/C20H20BrN3O2/c21-19-8-2-1-5-16(19)9-10-20(25)23-17-6-3-7-18(15-17)26-14-13-24-12-4-11-22-24/h1-8,11-12,15H,9-10,13-14H2,(H,23,25). The van der Waals surface area contributed by atoms with E-state index in [2.05, 4.69) is 26.3 Å². The molecule has 2 aromatic carbocycles. The van der Waals surface area contributed by atoms with Crippen LogP contribution in [0.3, 0.4) is 0 Å². The molecule has 0 aliphatic carbocycles. The molecule has 0 aliphatic heterocycles. The number of aromatic nitrogens is 2. The molecule has 3 rings (SSSR count). The minimum absolute atomic E-state index is 0.0190. The second-order valence-electron chi connectivity index (χ2n) is 5.79. The number of nitrogens with one attached hydrogen (secondary N) is 1. The molecule has 0 atom stereocenters. The number of nitrogens with zero attached hydrogens (tertiary/aromatic N) is 2. The quantitative estimate of drug-likeness (QED) is 0.598. The molecule has 5 nitrogen and oxygen atoms in total. The molecule has 134 valence electrons. The van der Waals surface area contributed by atoms with Gasteiger partial charge in [0.15, 0.2) is 0 Å². The van der Waals surface area contributed by atoms with Gasteiger partial charge >= 0.3 is 0 Å². The summed E-state index contributed by atoms with van der Waals surface area (Å²) in [6, 6.07) is 17.3. The molecule has 0 aliphatic rings. The van der Waals surface area contributed by atoms with E-state index in [-0.39, 0.29) is 5.91 Å². The molecule has 0 radical (unpaired) electrons. The van der Waals surface area contributed by atoms with Gasteiger partial charge in [0.1, 0.15) is 12.4 Å². The van der Waals surface area contributed by atoms with Gasteiger partial charge in [0.25, 0.3) is 0 Å². The van der Waals surface area contributed by atoms with E-state index in [0.29, 0.717) is 26.0 Å². The number of amides is 1. The Hall–Kier alpha value is -2.60. The minimum atomic E-state index is -0.0190. The van der Waals surface area contributed by atoms with E-state index < -0.39 is 0 Å². The number of carbonyl (C=O) groups is 1. The zero-order valence-corrected chi connectivity index (χ0v) is 15.9. The van der Waals surface area contributed by atoms with Gasteiger partial charge in [-0.05, 0) is 36.2 Å². The maximum atomic E-state index is 12.2. The summed E-state index contributed by atoms with van der Waals surface area (Å²) in [7, 11) is 0. The van der Waals surface area contributed by atoms with Gasteiger partial charge in [-0.2, -0.15) is 5.10 Å². The van der Waals surface area contributed by atoms with Crippen molar-refractivity contribution in [2.24, 2.45) is 0 Å². The molecule has 1 amide bonds. The van der Waals surface area contributed by atoms with Gasteiger partial charge in [-0.15, -0.1) is 0 Å². The van der Waals surface area contributed by atoms with Gasteiger partial charge in [-0.25, -0.2) is 0 Å². The summed E-state index contributed by atoms with van der Waals surface area (Å²) in [6.07, 6.45) is 4.75. The number of anilines is 1. The lowest BCUT2D eigenvalue weighted by Crippen LogP contribution is -2.13. The third-order valence-electron chi connectivity index (χ3n) is 3.85. The van der Waals surface area contributed by atoms with Gasteiger partial charge in [-0.3, -0.25) is 9.48 Å². The maximum absolute atomic E-state index is 12.2. The monoisotopic (exact) mass is 413 g/mol. The fourth-order valence-corrected chi connectivity index (χ4v) is 3.01. The number of aryl methyl sites for hydroxylation is 1. The molecule has 0 fully saturated rings. The van der Waals surface area contributed by atoms with E-state index in [1.54, 1.807) is 6.20 Å². The number of hydrogen-bond donors (Lipinski definition) is 1. The van der Waals surface area contributed by atoms with Crippen LogP contribution in [0.2, 0.25) is 0 Å². The fourth-order valence-electron chi connectivity index (χ4n) is 2.53. The number of benzene rings is 2. The Kier molecular flexibility index (Phi) is 6.44. The highest BCUT2D eigenvalue weighted by Gasteiger charge is 2.06. The zero-order valence-electron chi connectivity index (χ0n) is 14.3. The Morgan fingerprint density at radius 1 is 1.15 bits per heavy atom. The first kappa shape index (κ1) is 18.2. The van der Waals surface area contributed by atoms with Crippen LogP contribution < -0.4 is 10.1 Å². The summed E-state index contributed by atoms with van der Waals surface area (Å²) in [5.74, 6) is 0.704. The summed E-state index contributed by atoms with van der Waals surface area (Å²) in [5, 5.41) is 7.06. The van der Waals surface area contributed by atoms with Crippen molar-refractivity contribution in [1.29, 1.82) is 0 Å². The molecular weight excluding hydrogens is 394 g/mol. The highest BCUT2D eigenvalue weighted by Crippen LogP contribution is 2.19. The molecular formula is C20H20BrN3O2. The van der Waals surface area contributed by atoms with Crippen molar-refractivity contribution in [3.63, 3.8) is 0 Å². The van der Waals surface area contributed by atoms with Gasteiger partial charge in [0.05, 0.1) is 6.54 Å². The van der Waals surface area contributed by atoms with Gasteiger partial charge < -0.3 is 10.1 Å². The predicted octanol–water partition coefficient (Wildman–Crippen LogP) is 4.30. The lowest BCUT2D eigenvalue weighted by molar-refractivity contribution is -0.116. The number of hydrogen-bond acceptors (Lipinski definition) is 3. The molecule has 0 saturated heterocycles. The molecule has 1 heterocycles. The molecule has 0 unspecified atom stereocenters. The number of rotatable bonds is 8. The van der Waals surface area contributed by atoms with Crippen LogP contribution in [-0.2, 0) is 17.8 Å². The minimum Gasteiger partial charge on any atom is -0.492 e. The predicted molar refractivity (Wildman–Crippen MR) is 105 cm³/mol. The number of halogens is 1. The van der Waals surface area contributed by atoms with Crippen molar-refractivity contribution in [1.82, 2.24) is 9.78 Å². The topological polar surface area (TPSA) is 56.1 Å². The van der Waals surface area contributed by atoms with E-state index in [4.69, 9.17) is 4.74 Å². The van der Waals surface area contributed by atoms with Gasteiger partial charge in [0.2, 0.25) is 5.91 Å². The molecule has 6 heteroatoms. The number of carbonyl (C=O) groups excluding carboxylic acids is 1. The lowest BCUT2D eigenvalue weighted by Gasteiger charge is -2.10. The van der Waals surface area contributed by atoms with Gasteiger partial charge in [-0.1, -0.05) is 40.2 Å². The second kappa shape index (κ2) is 9.20. The summed E-state index contributed by atoms with van der Waals surface area (Å²) < 4.78 is 8.57. The van der Waals surface area contributed by atoms with Gasteiger partial charge in [0, 0.05) is 35.0 Å². The van der Waals surface area contributed by atoms with Crippen LogP contribution in [0.4, 0.5) is 5.69 Å². The zero-order chi connectivity index (χ0) is 18.2. The molecule has 3 aromatic rings. The first-order valence-electron chi connectivity index (χ1n) is 8.44. The third-order valence-corrected chi connectivity index (χ3v) is 4.62. The molecule has 1 N–H and O–H groups in total. The van der Waals surface area contributed by atoms with Crippen LogP contribution >= 0.6 is 15.9 Å². The lowest BCUT2D eigenvalue weighted by atomic mass is 10.1.